The first-order valence-corrected chi connectivity index (χ1v) is 7.78. The minimum atomic E-state index is -0.538. The number of carbonyl (C=O) groups is 2. The van der Waals surface area contributed by atoms with Gasteiger partial charge in [0.2, 0.25) is 11.8 Å². The van der Waals surface area contributed by atoms with Crippen LogP contribution in [0, 0.1) is 19.7 Å². The number of hydrogen-bond acceptors (Lipinski definition) is 2. The molecule has 0 saturated carbocycles. The largest absolute Gasteiger partial charge is 0.326 e. The number of rotatable bonds is 5. The van der Waals surface area contributed by atoms with Gasteiger partial charge in [0.05, 0.1) is 5.69 Å². The third-order valence-electron chi connectivity index (χ3n) is 3.68. The zero-order chi connectivity index (χ0) is 17.7. The summed E-state index contributed by atoms with van der Waals surface area (Å²) < 4.78 is 13.8. The number of hydrogen-bond donors (Lipinski definition) is 2. The van der Waals surface area contributed by atoms with Crippen LogP contribution in [-0.4, -0.2) is 11.8 Å². The second kappa shape index (κ2) is 7.73. The molecule has 2 amide bonds. The number of carbonyl (C=O) groups excluding carboxylic acids is 2. The average Bonchev–Trinajstić information content (AvgIpc) is 2.49. The highest BCUT2D eigenvalue weighted by Gasteiger charge is 2.10. The van der Waals surface area contributed by atoms with Gasteiger partial charge in [-0.05, 0) is 49.6 Å². The van der Waals surface area contributed by atoms with Gasteiger partial charge >= 0.3 is 0 Å². The Morgan fingerprint density at radius 2 is 1.79 bits per heavy atom. The van der Waals surface area contributed by atoms with Crippen molar-refractivity contribution in [1.82, 2.24) is 0 Å². The number of benzene rings is 2. The molecule has 0 aromatic heterocycles. The summed E-state index contributed by atoms with van der Waals surface area (Å²) in [6.45, 7) is 5.40. The van der Waals surface area contributed by atoms with Crippen molar-refractivity contribution >= 4 is 23.2 Å². The van der Waals surface area contributed by atoms with Gasteiger partial charge in [-0.25, -0.2) is 4.39 Å². The topological polar surface area (TPSA) is 58.2 Å². The highest BCUT2D eigenvalue weighted by Crippen LogP contribution is 2.20. The minimum absolute atomic E-state index is 0.0619. The van der Waals surface area contributed by atoms with Crippen molar-refractivity contribution in [3.63, 3.8) is 0 Å². The summed E-state index contributed by atoms with van der Waals surface area (Å²) in [6, 6.07) is 10.2. The molecule has 0 atom stereocenters. The second-order valence-electron chi connectivity index (χ2n) is 5.85. The zero-order valence-electron chi connectivity index (χ0n) is 14.1. The van der Waals surface area contributed by atoms with Gasteiger partial charge in [0.25, 0.3) is 0 Å². The third kappa shape index (κ3) is 4.91. The molecule has 0 bridgehead atoms. The highest BCUT2D eigenvalue weighted by molar-refractivity contribution is 5.93. The Bertz CT molecular complexity index is 772. The molecule has 0 radical (unpaired) electrons. The van der Waals surface area contributed by atoms with E-state index >= 15 is 0 Å². The maximum atomic E-state index is 13.8. The normalized spacial score (nSPS) is 10.3. The monoisotopic (exact) mass is 328 g/mol. The van der Waals surface area contributed by atoms with Gasteiger partial charge in [-0.1, -0.05) is 23.8 Å². The van der Waals surface area contributed by atoms with Crippen LogP contribution in [0.4, 0.5) is 15.8 Å². The Morgan fingerprint density at radius 1 is 1.04 bits per heavy atom. The summed E-state index contributed by atoms with van der Waals surface area (Å²) in [5.74, 6) is -1.06. The lowest BCUT2D eigenvalue weighted by Gasteiger charge is -2.10. The molecule has 2 N–H and O–H groups in total. The Hall–Kier alpha value is -2.69. The fourth-order valence-corrected chi connectivity index (χ4v) is 2.49. The third-order valence-corrected chi connectivity index (χ3v) is 3.68. The van der Waals surface area contributed by atoms with E-state index in [2.05, 4.69) is 16.7 Å². The number of nitrogens with one attached hydrogen (secondary N) is 2. The van der Waals surface area contributed by atoms with E-state index in [0.717, 1.165) is 11.1 Å². The summed E-state index contributed by atoms with van der Waals surface area (Å²) in [5, 5.41) is 5.12. The quantitative estimate of drug-likeness (QED) is 0.872. The predicted molar refractivity (Wildman–Crippen MR) is 93.6 cm³/mol. The molecule has 0 unspecified atom stereocenters. The molecule has 2 aromatic carbocycles. The molecule has 0 saturated heterocycles. The first-order chi connectivity index (χ1) is 11.3. The standard InChI is InChI=1S/C19H21FN2O2/c1-12-4-5-15(13(2)10-12)6-9-19(24)22-18-11-16(21-14(3)23)7-8-17(18)20/h4-5,7-8,10-11H,6,9H2,1-3H3,(H,21,23)(H,22,24). The lowest BCUT2D eigenvalue weighted by molar-refractivity contribution is -0.116. The van der Waals surface area contributed by atoms with E-state index in [1.54, 1.807) is 0 Å². The van der Waals surface area contributed by atoms with Gasteiger partial charge in [-0.15, -0.1) is 0 Å². The van der Waals surface area contributed by atoms with E-state index in [4.69, 9.17) is 0 Å². The molecule has 2 aromatic rings. The summed E-state index contributed by atoms with van der Waals surface area (Å²) in [4.78, 5) is 23.1. The van der Waals surface area contributed by atoms with Crippen molar-refractivity contribution in [2.24, 2.45) is 0 Å². The van der Waals surface area contributed by atoms with Crippen LogP contribution < -0.4 is 10.6 Å². The van der Waals surface area contributed by atoms with E-state index in [9.17, 15) is 14.0 Å². The van der Waals surface area contributed by atoms with E-state index < -0.39 is 5.82 Å². The average molecular weight is 328 g/mol. The van der Waals surface area contributed by atoms with Crippen molar-refractivity contribution in [3.05, 3.63) is 58.9 Å². The summed E-state index contributed by atoms with van der Waals surface area (Å²) >= 11 is 0. The van der Waals surface area contributed by atoms with Gasteiger partial charge in [0.1, 0.15) is 5.82 Å². The number of halogens is 1. The molecule has 2 rings (SSSR count). The summed E-state index contributed by atoms with van der Waals surface area (Å²) in [5.41, 5.74) is 3.92. The molecule has 0 spiro atoms. The SMILES string of the molecule is CC(=O)Nc1ccc(F)c(NC(=O)CCc2ccc(C)cc2C)c1. The first-order valence-electron chi connectivity index (χ1n) is 7.78. The van der Waals surface area contributed by atoms with E-state index in [-0.39, 0.29) is 23.9 Å². The van der Waals surface area contributed by atoms with E-state index in [0.29, 0.717) is 12.1 Å². The van der Waals surface area contributed by atoms with Crippen LogP contribution in [0.5, 0.6) is 0 Å². The molecule has 0 aliphatic heterocycles. The Morgan fingerprint density at radius 3 is 2.46 bits per heavy atom. The van der Waals surface area contributed by atoms with Crippen LogP contribution in [0.15, 0.2) is 36.4 Å². The van der Waals surface area contributed by atoms with E-state index in [1.165, 1.54) is 30.7 Å². The summed E-state index contributed by atoms with van der Waals surface area (Å²) in [7, 11) is 0. The summed E-state index contributed by atoms with van der Waals surface area (Å²) in [6.07, 6.45) is 0.846. The number of amides is 2. The minimum Gasteiger partial charge on any atom is -0.326 e. The van der Waals surface area contributed by atoms with Gasteiger partial charge in [-0.3, -0.25) is 9.59 Å². The molecule has 24 heavy (non-hydrogen) atoms. The van der Waals surface area contributed by atoms with Crippen LogP contribution in [-0.2, 0) is 16.0 Å². The molecule has 126 valence electrons. The van der Waals surface area contributed by atoms with Crippen LogP contribution in [0.1, 0.15) is 30.0 Å². The van der Waals surface area contributed by atoms with Crippen LogP contribution in [0.3, 0.4) is 0 Å². The molecule has 0 aliphatic carbocycles. The van der Waals surface area contributed by atoms with Gasteiger partial charge in [0.15, 0.2) is 0 Å². The Labute approximate surface area is 141 Å². The van der Waals surface area contributed by atoms with Crippen molar-refractivity contribution in [2.75, 3.05) is 10.6 Å². The molecule has 4 nitrogen and oxygen atoms in total. The van der Waals surface area contributed by atoms with Crippen molar-refractivity contribution < 1.29 is 14.0 Å². The molecule has 5 heteroatoms. The lowest BCUT2D eigenvalue weighted by Crippen LogP contribution is -2.14. The number of anilines is 2. The molecule has 0 fully saturated rings. The second-order valence-corrected chi connectivity index (χ2v) is 5.85. The fourth-order valence-electron chi connectivity index (χ4n) is 2.49. The zero-order valence-corrected chi connectivity index (χ0v) is 14.1. The first kappa shape index (κ1) is 17.7. The molecular formula is C19H21FN2O2. The van der Waals surface area contributed by atoms with E-state index in [1.807, 2.05) is 26.0 Å². The van der Waals surface area contributed by atoms with Crippen LogP contribution >= 0.6 is 0 Å². The van der Waals surface area contributed by atoms with Crippen LogP contribution in [0.25, 0.3) is 0 Å². The smallest absolute Gasteiger partial charge is 0.224 e. The Kier molecular flexibility index (Phi) is 5.68. The lowest BCUT2D eigenvalue weighted by atomic mass is 10.0. The molecule has 0 aliphatic rings. The van der Waals surface area contributed by atoms with Gasteiger partial charge < -0.3 is 10.6 Å². The van der Waals surface area contributed by atoms with Crippen LogP contribution in [0.2, 0.25) is 0 Å². The molecule has 0 heterocycles. The maximum Gasteiger partial charge on any atom is 0.224 e. The number of aryl methyl sites for hydroxylation is 3. The van der Waals surface area contributed by atoms with Crippen molar-refractivity contribution in [3.8, 4) is 0 Å². The highest BCUT2D eigenvalue weighted by atomic mass is 19.1. The Balaban J connectivity index is 2.00. The van der Waals surface area contributed by atoms with Crippen molar-refractivity contribution in [2.45, 2.75) is 33.6 Å². The fraction of sp³-hybridized carbons (Fsp3) is 0.263. The van der Waals surface area contributed by atoms with Gasteiger partial charge in [0, 0.05) is 19.0 Å². The predicted octanol–water partition coefficient (Wildman–Crippen LogP) is 3.97. The molecular weight excluding hydrogens is 307 g/mol. The maximum absolute atomic E-state index is 13.8. The van der Waals surface area contributed by atoms with Gasteiger partial charge in [-0.2, -0.15) is 0 Å². The van der Waals surface area contributed by atoms with Crippen molar-refractivity contribution in [1.29, 1.82) is 0 Å².